The lowest BCUT2D eigenvalue weighted by molar-refractivity contribution is -0.146. The molecule has 234 valence electrons. The lowest BCUT2D eigenvalue weighted by atomic mass is 9.84. The number of pyridine rings is 1. The number of halogens is 1. The van der Waals surface area contributed by atoms with Crippen LogP contribution in [-0.2, 0) is 30.8 Å². The van der Waals surface area contributed by atoms with Gasteiger partial charge in [-0.1, -0.05) is 45.0 Å². The van der Waals surface area contributed by atoms with E-state index >= 15 is 0 Å². The minimum absolute atomic E-state index is 0.0937. The second-order valence-corrected chi connectivity index (χ2v) is 13.6. The zero-order valence-corrected chi connectivity index (χ0v) is 26.9. The zero-order chi connectivity index (χ0) is 32.4. The summed E-state index contributed by atoms with van der Waals surface area (Å²) in [4.78, 5) is 25.3. The molecule has 1 N–H and O–H groups in total. The van der Waals surface area contributed by atoms with Gasteiger partial charge >= 0.3 is 5.97 Å². The highest BCUT2D eigenvalue weighted by Crippen LogP contribution is 2.37. The van der Waals surface area contributed by atoms with Crippen LogP contribution >= 0.6 is 0 Å². The van der Waals surface area contributed by atoms with Crippen LogP contribution in [0.1, 0.15) is 69.2 Å². The first-order valence-corrected chi connectivity index (χ1v) is 15.3. The van der Waals surface area contributed by atoms with E-state index in [9.17, 15) is 14.3 Å². The molecule has 0 unspecified atom stereocenters. The number of ether oxygens (including phenoxy) is 1. The van der Waals surface area contributed by atoms with E-state index in [1.165, 1.54) is 12.3 Å². The second-order valence-electron chi connectivity index (χ2n) is 13.6. The molecular formula is C37H41FN4O3. The Balaban J connectivity index is 1.57. The number of carbonyl (C=O) groups is 1. The van der Waals surface area contributed by atoms with Gasteiger partial charge in [0.05, 0.1) is 34.9 Å². The third-order valence-electron chi connectivity index (χ3n) is 8.11. The lowest BCUT2D eigenvalue weighted by Crippen LogP contribution is -2.28. The van der Waals surface area contributed by atoms with Crippen LogP contribution in [0.5, 0.6) is 5.75 Å². The third-order valence-corrected chi connectivity index (χ3v) is 8.11. The topological polar surface area (TPSA) is 90.1 Å². The van der Waals surface area contributed by atoms with Gasteiger partial charge < -0.3 is 14.4 Å². The molecule has 5 rings (SSSR count). The van der Waals surface area contributed by atoms with Crippen molar-refractivity contribution in [1.29, 1.82) is 0 Å². The van der Waals surface area contributed by atoms with E-state index in [1.807, 2.05) is 37.3 Å². The maximum Gasteiger partial charge on any atom is 0.309 e. The van der Waals surface area contributed by atoms with E-state index in [0.717, 1.165) is 63.3 Å². The number of carboxylic acid groups (broad SMARTS) is 1. The predicted octanol–water partition coefficient (Wildman–Crippen LogP) is 8.20. The molecule has 0 fully saturated rings. The number of fused-ring (bicyclic) bond motifs is 1. The van der Waals surface area contributed by atoms with Gasteiger partial charge in [-0.25, -0.2) is 4.39 Å². The normalized spacial score (nSPS) is 12.1. The minimum Gasteiger partial charge on any atom is -0.487 e. The van der Waals surface area contributed by atoms with Gasteiger partial charge in [0, 0.05) is 41.3 Å². The fraction of sp³-hybridized carbons (Fsp3) is 0.351. The van der Waals surface area contributed by atoms with Crippen molar-refractivity contribution in [2.24, 2.45) is 10.8 Å². The quantitative estimate of drug-likeness (QED) is 0.163. The lowest BCUT2D eigenvalue weighted by Gasteiger charge is -2.23. The highest BCUT2D eigenvalue weighted by Gasteiger charge is 2.32. The maximum absolute atomic E-state index is 13.4. The Bertz CT molecular complexity index is 1790. The first-order valence-electron chi connectivity index (χ1n) is 15.3. The van der Waals surface area contributed by atoms with Gasteiger partial charge in [0.15, 0.2) is 0 Å². The summed E-state index contributed by atoms with van der Waals surface area (Å²) in [6, 6.07) is 17.3. The molecule has 0 saturated carbocycles. The molecule has 7 nitrogen and oxygen atoms in total. The Morgan fingerprint density at radius 3 is 2.31 bits per heavy atom. The Kier molecular flexibility index (Phi) is 9.05. The van der Waals surface area contributed by atoms with Gasteiger partial charge in [-0.3, -0.25) is 19.7 Å². The summed E-state index contributed by atoms with van der Waals surface area (Å²) < 4.78 is 21.8. The van der Waals surface area contributed by atoms with Crippen LogP contribution in [0.2, 0.25) is 0 Å². The molecule has 45 heavy (non-hydrogen) atoms. The average molecular weight is 609 g/mol. The van der Waals surface area contributed by atoms with Crippen LogP contribution in [0, 0.1) is 23.6 Å². The van der Waals surface area contributed by atoms with E-state index in [-0.39, 0.29) is 11.2 Å². The smallest absolute Gasteiger partial charge is 0.309 e. The van der Waals surface area contributed by atoms with Crippen molar-refractivity contribution in [3.8, 4) is 17.0 Å². The van der Waals surface area contributed by atoms with Gasteiger partial charge in [-0.05, 0) is 80.5 Å². The van der Waals surface area contributed by atoms with E-state index in [1.54, 1.807) is 32.3 Å². The number of hydrogen-bond donors (Lipinski definition) is 1. The highest BCUT2D eigenvalue weighted by molar-refractivity contribution is 5.87. The first kappa shape index (κ1) is 31.8. The van der Waals surface area contributed by atoms with Crippen LogP contribution in [0.3, 0.4) is 0 Å². The van der Waals surface area contributed by atoms with Crippen molar-refractivity contribution in [3.63, 3.8) is 0 Å². The van der Waals surface area contributed by atoms with Gasteiger partial charge in [0.1, 0.15) is 18.2 Å². The van der Waals surface area contributed by atoms with Gasteiger partial charge in [0.2, 0.25) is 0 Å². The number of hydrogen-bond acceptors (Lipinski definition) is 5. The summed E-state index contributed by atoms with van der Waals surface area (Å²) >= 11 is 0. The van der Waals surface area contributed by atoms with Crippen molar-refractivity contribution < 1.29 is 19.0 Å². The summed E-state index contributed by atoms with van der Waals surface area (Å²) in [5.74, 6) is -0.481. The summed E-state index contributed by atoms with van der Waals surface area (Å²) in [5.41, 5.74) is 6.59. The fourth-order valence-corrected chi connectivity index (χ4v) is 5.36. The molecule has 0 saturated heterocycles. The zero-order valence-electron chi connectivity index (χ0n) is 26.9. The van der Waals surface area contributed by atoms with E-state index in [0.29, 0.717) is 25.3 Å². The molecule has 3 heterocycles. The molecule has 0 radical (unpaired) electrons. The number of aryl methyl sites for hydroxylation is 2. The number of aromatic nitrogens is 4. The molecule has 0 aliphatic carbocycles. The number of rotatable bonds is 11. The van der Waals surface area contributed by atoms with Crippen LogP contribution in [0.25, 0.3) is 22.2 Å². The Hall–Kier alpha value is -4.59. The molecule has 2 aromatic carbocycles. The van der Waals surface area contributed by atoms with Crippen LogP contribution in [0.15, 0.2) is 73.2 Å². The minimum atomic E-state index is -0.968. The van der Waals surface area contributed by atoms with Gasteiger partial charge in [-0.2, -0.15) is 0 Å². The highest BCUT2D eigenvalue weighted by atomic mass is 19.1. The van der Waals surface area contributed by atoms with Gasteiger partial charge in [0.25, 0.3) is 0 Å². The molecule has 0 bridgehead atoms. The molecule has 0 amide bonds. The molecule has 0 aliphatic heterocycles. The van der Waals surface area contributed by atoms with Crippen LogP contribution in [0.4, 0.5) is 4.39 Å². The van der Waals surface area contributed by atoms with E-state index in [4.69, 9.17) is 4.74 Å². The molecule has 8 heteroatoms. The van der Waals surface area contributed by atoms with Crippen LogP contribution < -0.4 is 4.74 Å². The molecule has 3 aromatic heterocycles. The Morgan fingerprint density at radius 1 is 0.933 bits per heavy atom. The number of carboxylic acids is 1. The SMILES string of the molecule is Cc1cnc(COc2ccc3c(c2)c(CCC(C)(C)C)c(CC(C)(C)C(=O)O)n3Cc2ccc(-c3ccc(F)cn3)cc2)cn1. The largest absolute Gasteiger partial charge is 0.487 e. The van der Waals surface area contributed by atoms with Crippen molar-refractivity contribution in [1.82, 2.24) is 19.5 Å². The van der Waals surface area contributed by atoms with E-state index in [2.05, 4.69) is 52.4 Å². The van der Waals surface area contributed by atoms with Crippen LogP contribution in [-0.4, -0.2) is 30.6 Å². The van der Waals surface area contributed by atoms with Crippen molar-refractivity contribution in [2.45, 2.75) is 74.0 Å². The summed E-state index contributed by atoms with van der Waals surface area (Å²) in [5, 5.41) is 11.2. The molecule has 0 aliphatic rings. The molecule has 0 spiro atoms. The third kappa shape index (κ3) is 7.74. The summed E-state index contributed by atoms with van der Waals surface area (Å²) in [6.07, 6.45) is 6.80. The average Bonchev–Trinajstić information content (AvgIpc) is 3.26. The molecule has 0 atom stereocenters. The van der Waals surface area contributed by atoms with E-state index < -0.39 is 11.4 Å². The standard InChI is InChI=1S/C37H41FN4O3/c1-24-19-40-28(21-39-24)23-45-29-12-14-33-31(17-29)30(15-16-36(2,3)4)34(18-37(5,6)35(43)44)42(33)22-25-7-9-26(10-8-25)32-13-11-27(38)20-41-32/h7-14,17,19-21H,15-16,18,22-23H2,1-6H3,(H,43,44). The maximum atomic E-state index is 13.4. The predicted molar refractivity (Wildman–Crippen MR) is 175 cm³/mol. The Morgan fingerprint density at radius 2 is 1.69 bits per heavy atom. The number of nitrogens with zero attached hydrogens (tertiary/aromatic N) is 4. The summed E-state index contributed by atoms with van der Waals surface area (Å²) in [6.45, 7) is 13.0. The Labute approximate surface area is 264 Å². The second kappa shape index (κ2) is 12.8. The van der Waals surface area contributed by atoms with Crippen molar-refractivity contribution in [3.05, 3.63) is 107 Å². The number of aliphatic carboxylic acids is 1. The van der Waals surface area contributed by atoms with Crippen molar-refractivity contribution >= 4 is 16.9 Å². The monoisotopic (exact) mass is 608 g/mol. The van der Waals surface area contributed by atoms with Gasteiger partial charge in [-0.15, -0.1) is 0 Å². The summed E-state index contributed by atoms with van der Waals surface area (Å²) in [7, 11) is 0. The molecule has 5 aromatic rings. The number of benzene rings is 2. The van der Waals surface area contributed by atoms with Crippen molar-refractivity contribution in [2.75, 3.05) is 0 Å². The molecular weight excluding hydrogens is 567 g/mol. The fourth-order valence-electron chi connectivity index (χ4n) is 5.36. The first-order chi connectivity index (χ1) is 21.3.